The van der Waals surface area contributed by atoms with Crippen molar-refractivity contribution in [1.29, 1.82) is 0 Å². The average molecular weight is 310 g/mol. The minimum atomic E-state index is 0.347. The van der Waals surface area contributed by atoms with E-state index in [0.29, 0.717) is 11.8 Å². The van der Waals surface area contributed by atoms with Gasteiger partial charge in [0.1, 0.15) is 6.79 Å². The number of hydrogen-bond acceptors (Lipinski definition) is 3. The molecular formula is C17H30N2O3. The Hall–Kier alpha value is -1.39. The number of rotatable bonds is 9. The fraction of sp³-hybridized carbons (Fsp3) is 0.824. The summed E-state index contributed by atoms with van der Waals surface area (Å²) in [5.41, 5.74) is 0. The van der Waals surface area contributed by atoms with E-state index in [1.165, 1.54) is 25.7 Å². The van der Waals surface area contributed by atoms with Gasteiger partial charge in [-0.25, -0.2) is 0 Å². The van der Waals surface area contributed by atoms with Gasteiger partial charge >= 0.3 is 0 Å². The summed E-state index contributed by atoms with van der Waals surface area (Å²) >= 11 is 0. The molecule has 0 aromatic carbocycles. The van der Waals surface area contributed by atoms with Crippen molar-refractivity contribution in [1.82, 2.24) is 9.80 Å². The van der Waals surface area contributed by atoms with Gasteiger partial charge in [0, 0.05) is 39.0 Å². The van der Waals surface area contributed by atoms with Crippen LogP contribution in [0.3, 0.4) is 0 Å². The van der Waals surface area contributed by atoms with Crippen LogP contribution in [-0.4, -0.2) is 54.6 Å². The highest BCUT2D eigenvalue weighted by Gasteiger charge is 2.19. The lowest BCUT2D eigenvalue weighted by Crippen LogP contribution is -2.25. The predicted molar refractivity (Wildman–Crippen MR) is 86.5 cm³/mol. The monoisotopic (exact) mass is 310 g/mol. The molecule has 0 spiro atoms. The SMILES string of the molecule is C=O.O=C1CCCN1CCCCCCCCN1CCCC1=O. The molecule has 2 fully saturated rings. The van der Waals surface area contributed by atoms with Crippen LogP contribution in [0.15, 0.2) is 0 Å². The van der Waals surface area contributed by atoms with Crippen LogP contribution in [0.5, 0.6) is 0 Å². The van der Waals surface area contributed by atoms with Gasteiger partial charge in [-0.15, -0.1) is 0 Å². The molecule has 0 saturated carbocycles. The lowest BCUT2D eigenvalue weighted by molar-refractivity contribution is -0.128. The molecule has 22 heavy (non-hydrogen) atoms. The van der Waals surface area contributed by atoms with E-state index in [1.807, 2.05) is 16.6 Å². The van der Waals surface area contributed by atoms with Crippen molar-refractivity contribution in [3.05, 3.63) is 0 Å². The Morgan fingerprint density at radius 3 is 1.36 bits per heavy atom. The van der Waals surface area contributed by atoms with Crippen LogP contribution in [-0.2, 0) is 14.4 Å². The molecule has 5 nitrogen and oxygen atoms in total. The molecule has 0 radical (unpaired) electrons. The van der Waals surface area contributed by atoms with Crippen LogP contribution in [0, 0.1) is 0 Å². The predicted octanol–water partition coefficient (Wildman–Crippen LogP) is 2.39. The quantitative estimate of drug-likeness (QED) is 0.614. The van der Waals surface area contributed by atoms with Gasteiger partial charge < -0.3 is 14.6 Å². The normalized spacial score (nSPS) is 17.8. The Kier molecular flexibility index (Phi) is 9.51. The summed E-state index contributed by atoms with van der Waals surface area (Å²) in [6.07, 6.45) is 10.9. The van der Waals surface area contributed by atoms with E-state index in [2.05, 4.69) is 0 Å². The molecule has 2 aliphatic rings. The number of unbranched alkanes of at least 4 members (excludes halogenated alkanes) is 5. The fourth-order valence-corrected chi connectivity index (χ4v) is 3.19. The molecule has 2 rings (SSSR count). The third-order valence-electron chi connectivity index (χ3n) is 4.45. The number of carbonyl (C=O) groups is 3. The first-order chi connectivity index (χ1) is 10.8. The zero-order valence-corrected chi connectivity index (χ0v) is 13.7. The fourth-order valence-electron chi connectivity index (χ4n) is 3.19. The van der Waals surface area contributed by atoms with Gasteiger partial charge in [0.2, 0.25) is 11.8 Å². The van der Waals surface area contributed by atoms with Crippen molar-refractivity contribution < 1.29 is 14.4 Å². The second-order valence-electron chi connectivity index (χ2n) is 6.09. The van der Waals surface area contributed by atoms with E-state index < -0.39 is 0 Å². The zero-order valence-electron chi connectivity index (χ0n) is 13.7. The van der Waals surface area contributed by atoms with Crippen molar-refractivity contribution in [2.75, 3.05) is 26.2 Å². The smallest absolute Gasteiger partial charge is 0.222 e. The molecule has 0 bridgehead atoms. The zero-order chi connectivity index (χ0) is 16.2. The highest BCUT2D eigenvalue weighted by Crippen LogP contribution is 2.14. The Balaban J connectivity index is 0.00000116. The number of hydrogen-bond donors (Lipinski definition) is 0. The summed E-state index contributed by atoms with van der Waals surface area (Å²) in [6, 6.07) is 0. The molecule has 0 unspecified atom stereocenters. The molecule has 2 heterocycles. The minimum Gasteiger partial charge on any atom is -0.343 e. The summed E-state index contributed by atoms with van der Waals surface area (Å²) in [5, 5.41) is 0. The van der Waals surface area contributed by atoms with Crippen LogP contribution in [0.1, 0.15) is 64.2 Å². The first-order valence-corrected chi connectivity index (χ1v) is 8.62. The number of amides is 2. The van der Waals surface area contributed by atoms with Crippen molar-refractivity contribution in [3.63, 3.8) is 0 Å². The summed E-state index contributed by atoms with van der Waals surface area (Å²) in [4.78, 5) is 34.9. The van der Waals surface area contributed by atoms with Crippen LogP contribution >= 0.6 is 0 Å². The average Bonchev–Trinajstić information content (AvgIpc) is 3.13. The maximum atomic E-state index is 11.4. The topological polar surface area (TPSA) is 57.7 Å². The van der Waals surface area contributed by atoms with Gasteiger partial charge in [-0.05, 0) is 25.7 Å². The molecule has 0 atom stereocenters. The standard InChI is InChI=1S/C16H28N2O2.CH2O/c19-15-9-7-13-17(15)11-5-3-1-2-4-6-12-18-14-8-10-16(18)20;1-2/h1-14H2;1H2. The molecule has 2 aliphatic heterocycles. The highest BCUT2D eigenvalue weighted by molar-refractivity contribution is 5.78. The number of nitrogens with zero attached hydrogens (tertiary/aromatic N) is 2. The molecule has 126 valence electrons. The van der Waals surface area contributed by atoms with Crippen molar-refractivity contribution in [2.45, 2.75) is 64.2 Å². The van der Waals surface area contributed by atoms with Crippen molar-refractivity contribution >= 4 is 18.6 Å². The summed E-state index contributed by atoms with van der Waals surface area (Å²) in [7, 11) is 0. The molecule has 2 amide bonds. The molecule has 2 saturated heterocycles. The highest BCUT2D eigenvalue weighted by atomic mass is 16.2. The second kappa shape index (κ2) is 11.2. The molecule has 0 N–H and O–H groups in total. The van der Waals surface area contributed by atoms with Crippen LogP contribution in [0.4, 0.5) is 0 Å². The van der Waals surface area contributed by atoms with E-state index in [-0.39, 0.29) is 0 Å². The molecule has 0 aromatic rings. The lowest BCUT2D eigenvalue weighted by atomic mass is 10.1. The van der Waals surface area contributed by atoms with Gasteiger partial charge in [-0.1, -0.05) is 25.7 Å². The summed E-state index contributed by atoms with van der Waals surface area (Å²) in [5.74, 6) is 0.695. The molecular weight excluding hydrogens is 280 g/mol. The molecule has 0 aromatic heterocycles. The van der Waals surface area contributed by atoms with Crippen LogP contribution in [0.25, 0.3) is 0 Å². The summed E-state index contributed by atoms with van der Waals surface area (Å²) in [6.45, 7) is 5.87. The first kappa shape index (κ1) is 18.7. The van der Waals surface area contributed by atoms with Gasteiger partial charge in [-0.2, -0.15) is 0 Å². The van der Waals surface area contributed by atoms with Crippen molar-refractivity contribution in [3.8, 4) is 0 Å². The second-order valence-corrected chi connectivity index (χ2v) is 6.09. The Morgan fingerprint density at radius 2 is 1.05 bits per heavy atom. The largest absolute Gasteiger partial charge is 0.343 e. The Morgan fingerprint density at radius 1 is 0.682 bits per heavy atom. The van der Waals surface area contributed by atoms with Gasteiger partial charge in [0.05, 0.1) is 0 Å². The van der Waals surface area contributed by atoms with Gasteiger partial charge in [0.15, 0.2) is 0 Å². The van der Waals surface area contributed by atoms with Gasteiger partial charge in [0.25, 0.3) is 0 Å². The lowest BCUT2D eigenvalue weighted by Gasteiger charge is -2.15. The Labute approximate surface area is 134 Å². The third kappa shape index (κ3) is 6.58. The van der Waals surface area contributed by atoms with Crippen LogP contribution in [0.2, 0.25) is 0 Å². The molecule has 5 heteroatoms. The maximum Gasteiger partial charge on any atom is 0.222 e. The van der Waals surface area contributed by atoms with E-state index in [0.717, 1.165) is 64.7 Å². The van der Waals surface area contributed by atoms with E-state index in [1.54, 1.807) is 0 Å². The number of likely N-dealkylation sites (tertiary alicyclic amines) is 2. The first-order valence-electron chi connectivity index (χ1n) is 8.62. The minimum absolute atomic E-state index is 0.347. The molecule has 0 aliphatic carbocycles. The third-order valence-corrected chi connectivity index (χ3v) is 4.45. The van der Waals surface area contributed by atoms with E-state index in [4.69, 9.17) is 4.79 Å². The number of carbonyl (C=O) groups excluding carboxylic acids is 3. The van der Waals surface area contributed by atoms with Crippen LogP contribution < -0.4 is 0 Å². The Bertz CT molecular complexity index is 315. The van der Waals surface area contributed by atoms with E-state index >= 15 is 0 Å². The maximum absolute atomic E-state index is 11.4. The van der Waals surface area contributed by atoms with Gasteiger partial charge in [-0.3, -0.25) is 9.59 Å². The van der Waals surface area contributed by atoms with E-state index in [9.17, 15) is 9.59 Å². The van der Waals surface area contributed by atoms with Crippen molar-refractivity contribution in [2.24, 2.45) is 0 Å². The summed E-state index contributed by atoms with van der Waals surface area (Å²) < 4.78 is 0.